The molecule has 0 unspecified atom stereocenters. The number of rotatable bonds is 5. The van der Waals surface area contributed by atoms with Gasteiger partial charge in [-0.1, -0.05) is 18.2 Å². The van der Waals surface area contributed by atoms with E-state index < -0.39 is 11.9 Å². The number of carbonyl (C=O) groups is 2. The summed E-state index contributed by atoms with van der Waals surface area (Å²) in [6, 6.07) is 12.1. The number of anilines is 1. The standard InChI is InChI=1S/C21H23NO3S/c1-4-25-21(24)20-17(19-6-5-11-26-19)12-15(13-18(20)23)14-7-9-16(10-8-14)22(2)3/h5-11,13,17,20H,4,12H2,1-3H3/t17-,20-/m1/s1. The summed E-state index contributed by atoms with van der Waals surface area (Å²) in [5, 5.41) is 1.98. The maximum Gasteiger partial charge on any atom is 0.317 e. The van der Waals surface area contributed by atoms with Crippen molar-refractivity contribution in [3.63, 3.8) is 0 Å². The SMILES string of the molecule is CCOC(=O)[C@H]1C(=O)C=C(c2ccc(N(C)C)cc2)C[C@@H]1c1cccs1. The first-order valence-electron chi connectivity index (χ1n) is 8.73. The number of thiophene rings is 1. The molecular weight excluding hydrogens is 346 g/mol. The summed E-state index contributed by atoms with van der Waals surface area (Å²) in [6.07, 6.45) is 2.27. The number of hydrogen-bond donors (Lipinski definition) is 0. The predicted molar refractivity (Wildman–Crippen MR) is 106 cm³/mol. The highest BCUT2D eigenvalue weighted by molar-refractivity contribution is 7.10. The van der Waals surface area contributed by atoms with Crippen LogP contribution in [0.15, 0.2) is 47.9 Å². The van der Waals surface area contributed by atoms with Gasteiger partial charge in [0, 0.05) is 30.6 Å². The smallest absolute Gasteiger partial charge is 0.317 e. The molecule has 1 aromatic heterocycles. The second-order valence-corrected chi connectivity index (χ2v) is 7.55. The van der Waals surface area contributed by atoms with Gasteiger partial charge in [0.05, 0.1) is 6.61 Å². The van der Waals surface area contributed by atoms with Crippen LogP contribution in [-0.4, -0.2) is 32.5 Å². The lowest BCUT2D eigenvalue weighted by Gasteiger charge is -2.28. The summed E-state index contributed by atoms with van der Waals surface area (Å²) in [5.41, 5.74) is 3.10. The van der Waals surface area contributed by atoms with Crippen molar-refractivity contribution in [2.75, 3.05) is 25.6 Å². The molecule has 0 spiro atoms. The third-order valence-corrected chi connectivity index (χ3v) is 5.67. The summed E-state index contributed by atoms with van der Waals surface area (Å²) in [4.78, 5) is 28.3. The van der Waals surface area contributed by atoms with Crippen molar-refractivity contribution in [3.8, 4) is 0 Å². The van der Waals surface area contributed by atoms with Gasteiger partial charge < -0.3 is 9.64 Å². The Morgan fingerprint density at radius 3 is 2.54 bits per heavy atom. The Balaban J connectivity index is 1.95. The third kappa shape index (κ3) is 3.73. The molecule has 5 heteroatoms. The lowest BCUT2D eigenvalue weighted by atomic mass is 9.76. The van der Waals surface area contributed by atoms with Gasteiger partial charge in [-0.25, -0.2) is 0 Å². The number of benzene rings is 1. The van der Waals surface area contributed by atoms with E-state index in [2.05, 4.69) is 0 Å². The molecule has 0 N–H and O–H groups in total. The van der Waals surface area contributed by atoms with E-state index in [1.807, 2.05) is 60.8 Å². The van der Waals surface area contributed by atoms with Crippen molar-refractivity contribution >= 4 is 34.3 Å². The topological polar surface area (TPSA) is 46.6 Å². The van der Waals surface area contributed by atoms with Gasteiger partial charge in [0.15, 0.2) is 5.78 Å². The number of ether oxygens (including phenoxy) is 1. The minimum absolute atomic E-state index is 0.167. The molecule has 0 aliphatic heterocycles. The Labute approximate surface area is 158 Å². The Kier molecular flexibility index (Phi) is 5.57. The molecule has 0 radical (unpaired) electrons. The van der Waals surface area contributed by atoms with Crippen LogP contribution in [0, 0.1) is 5.92 Å². The highest BCUT2D eigenvalue weighted by atomic mass is 32.1. The van der Waals surface area contributed by atoms with E-state index in [4.69, 9.17) is 4.74 Å². The minimum atomic E-state index is -0.751. The molecule has 1 aromatic carbocycles. The minimum Gasteiger partial charge on any atom is -0.465 e. The van der Waals surface area contributed by atoms with E-state index in [1.54, 1.807) is 24.3 Å². The van der Waals surface area contributed by atoms with Crippen molar-refractivity contribution in [2.24, 2.45) is 5.92 Å². The molecular formula is C21H23NO3S. The van der Waals surface area contributed by atoms with Crippen molar-refractivity contribution in [1.29, 1.82) is 0 Å². The van der Waals surface area contributed by atoms with Crippen molar-refractivity contribution in [3.05, 3.63) is 58.3 Å². The molecule has 2 aromatic rings. The predicted octanol–water partition coefficient (Wildman–Crippen LogP) is 4.13. The molecule has 0 bridgehead atoms. The first-order chi connectivity index (χ1) is 12.5. The van der Waals surface area contributed by atoms with Gasteiger partial charge in [-0.15, -0.1) is 11.3 Å². The van der Waals surface area contributed by atoms with Gasteiger partial charge >= 0.3 is 5.97 Å². The second-order valence-electron chi connectivity index (χ2n) is 6.57. The largest absolute Gasteiger partial charge is 0.465 e. The number of nitrogens with zero attached hydrogens (tertiary/aromatic N) is 1. The summed E-state index contributed by atoms with van der Waals surface area (Å²) >= 11 is 1.58. The molecule has 1 heterocycles. The molecule has 3 rings (SSSR count). The molecule has 1 aliphatic carbocycles. The van der Waals surface area contributed by atoms with Crippen molar-refractivity contribution < 1.29 is 14.3 Å². The zero-order valence-electron chi connectivity index (χ0n) is 15.3. The molecule has 136 valence electrons. The Morgan fingerprint density at radius 2 is 1.96 bits per heavy atom. The Hall–Kier alpha value is -2.40. The highest BCUT2D eigenvalue weighted by Crippen LogP contribution is 2.42. The first-order valence-corrected chi connectivity index (χ1v) is 9.61. The summed E-state index contributed by atoms with van der Waals surface area (Å²) in [6.45, 7) is 2.04. The second kappa shape index (κ2) is 7.87. The number of esters is 1. The first kappa shape index (κ1) is 18.4. The molecule has 0 saturated heterocycles. The third-order valence-electron chi connectivity index (χ3n) is 4.67. The van der Waals surface area contributed by atoms with Crippen LogP contribution in [-0.2, 0) is 14.3 Å². The summed E-state index contributed by atoms with van der Waals surface area (Å²) in [7, 11) is 3.99. The molecule has 2 atom stereocenters. The molecule has 0 saturated carbocycles. The average Bonchev–Trinajstić information content (AvgIpc) is 3.15. The van der Waals surface area contributed by atoms with Gasteiger partial charge in [-0.2, -0.15) is 0 Å². The van der Waals surface area contributed by atoms with Crippen LogP contribution in [0.4, 0.5) is 5.69 Å². The van der Waals surface area contributed by atoms with Gasteiger partial charge in [0.2, 0.25) is 0 Å². The number of allylic oxidation sites excluding steroid dienone is 2. The highest BCUT2D eigenvalue weighted by Gasteiger charge is 2.40. The summed E-state index contributed by atoms with van der Waals surface area (Å²) < 4.78 is 5.17. The van der Waals surface area contributed by atoms with Crippen LogP contribution in [0.3, 0.4) is 0 Å². The van der Waals surface area contributed by atoms with E-state index >= 15 is 0 Å². The monoisotopic (exact) mass is 369 g/mol. The number of ketones is 1. The molecule has 1 aliphatic rings. The lowest BCUT2D eigenvalue weighted by Crippen LogP contribution is -2.33. The normalized spacial score (nSPS) is 19.8. The van der Waals surface area contributed by atoms with E-state index in [1.165, 1.54) is 0 Å². The fourth-order valence-corrected chi connectivity index (χ4v) is 4.19. The van der Waals surface area contributed by atoms with Gasteiger partial charge in [0.25, 0.3) is 0 Å². The van der Waals surface area contributed by atoms with Crippen LogP contribution in [0.25, 0.3) is 5.57 Å². The van der Waals surface area contributed by atoms with Crippen LogP contribution < -0.4 is 4.90 Å². The van der Waals surface area contributed by atoms with Gasteiger partial charge in [-0.05, 0) is 54.1 Å². The Morgan fingerprint density at radius 1 is 1.23 bits per heavy atom. The van der Waals surface area contributed by atoms with Crippen LogP contribution >= 0.6 is 11.3 Å². The van der Waals surface area contributed by atoms with Crippen LogP contribution in [0.1, 0.15) is 29.7 Å². The van der Waals surface area contributed by atoms with E-state index in [0.29, 0.717) is 6.42 Å². The summed E-state index contributed by atoms with van der Waals surface area (Å²) in [5.74, 6) is -1.51. The fraction of sp³-hybridized carbons (Fsp3) is 0.333. The van der Waals surface area contributed by atoms with E-state index in [0.717, 1.165) is 21.7 Å². The average molecular weight is 369 g/mol. The quantitative estimate of drug-likeness (QED) is 0.587. The number of carbonyl (C=O) groups excluding carboxylic acids is 2. The maximum absolute atomic E-state index is 12.8. The molecule has 4 nitrogen and oxygen atoms in total. The Bertz CT molecular complexity index is 806. The molecule has 0 fully saturated rings. The van der Waals surface area contributed by atoms with Crippen LogP contribution in [0.2, 0.25) is 0 Å². The van der Waals surface area contributed by atoms with E-state index in [9.17, 15) is 9.59 Å². The molecule has 0 amide bonds. The fourth-order valence-electron chi connectivity index (χ4n) is 3.33. The van der Waals surface area contributed by atoms with Gasteiger partial charge in [0.1, 0.15) is 5.92 Å². The number of hydrogen-bond acceptors (Lipinski definition) is 5. The maximum atomic E-state index is 12.8. The lowest BCUT2D eigenvalue weighted by molar-refractivity contribution is -0.151. The molecule has 26 heavy (non-hydrogen) atoms. The van der Waals surface area contributed by atoms with Crippen molar-refractivity contribution in [2.45, 2.75) is 19.3 Å². The van der Waals surface area contributed by atoms with Crippen LogP contribution in [0.5, 0.6) is 0 Å². The van der Waals surface area contributed by atoms with Crippen molar-refractivity contribution in [1.82, 2.24) is 0 Å². The van der Waals surface area contributed by atoms with Gasteiger partial charge in [-0.3, -0.25) is 9.59 Å². The zero-order chi connectivity index (χ0) is 18.7. The van der Waals surface area contributed by atoms with E-state index in [-0.39, 0.29) is 18.3 Å². The zero-order valence-corrected chi connectivity index (χ0v) is 16.1.